The Bertz CT molecular complexity index is 389. The minimum atomic E-state index is 0.206. The van der Waals surface area contributed by atoms with Gasteiger partial charge in [-0.3, -0.25) is 0 Å². The fourth-order valence-electron chi connectivity index (χ4n) is 2.27. The van der Waals surface area contributed by atoms with E-state index >= 15 is 0 Å². The first-order valence-electron chi connectivity index (χ1n) is 5.77. The number of halogens is 2. The van der Waals surface area contributed by atoms with Gasteiger partial charge in [0.2, 0.25) is 0 Å². The Morgan fingerprint density at radius 1 is 1.47 bits per heavy atom. The summed E-state index contributed by atoms with van der Waals surface area (Å²) in [4.78, 5) is 10.5. The minimum absolute atomic E-state index is 0.206. The van der Waals surface area contributed by atoms with E-state index in [1.54, 1.807) is 0 Å². The third-order valence-corrected chi connectivity index (χ3v) is 4.34. The first-order chi connectivity index (χ1) is 8.24. The van der Waals surface area contributed by atoms with Crippen molar-refractivity contribution in [2.45, 2.75) is 31.7 Å². The summed E-state index contributed by atoms with van der Waals surface area (Å²) in [5.41, 5.74) is 0. The second-order valence-electron chi connectivity index (χ2n) is 4.16. The summed E-state index contributed by atoms with van der Waals surface area (Å²) in [5, 5.41) is 9.54. The topological polar surface area (TPSA) is 49.2 Å². The largest absolute Gasteiger partial charge is 0.396 e. The zero-order chi connectivity index (χ0) is 12.3. The highest BCUT2D eigenvalue weighted by Crippen LogP contribution is 2.33. The monoisotopic (exact) mass is 319 g/mol. The number of rotatable bonds is 3. The van der Waals surface area contributed by atoms with Crippen LogP contribution in [-0.4, -0.2) is 34.3 Å². The Balaban J connectivity index is 2.26. The maximum atomic E-state index is 9.11. The van der Waals surface area contributed by atoms with E-state index < -0.39 is 0 Å². The number of aliphatic hydroxyl groups excluding tert-OH is 1. The SMILES string of the molecule is OCCC1CCCCN1c1ncnc(Cl)c1Br. The maximum absolute atomic E-state index is 9.11. The van der Waals surface area contributed by atoms with Crippen molar-refractivity contribution in [3.8, 4) is 0 Å². The normalized spacial score (nSPS) is 20.6. The molecule has 0 aliphatic carbocycles. The molecule has 6 heteroatoms. The Labute approximate surface area is 114 Å². The van der Waals surface area contributed by atoms with Gasteiger partial charge in [-0.15, -0.1) is 0 Å². The number of hydrogen-bond donors (Lipinski definition) is 1. The fraction of sp³-hybridized carbons (Fsp3) is 0.636. The lowest BCUT2D eigenvalue weighted by Crippen LogP contribution is -2.40. The molecule has 1 unspecified atom stereocenters. The van der Waals surface area contributed by atoms with Crippen LogP contribution >= 0.6 is 27.5 Å². The second-order valence-corrected chi connectivity index (χ2v) is 5.31. The summed E-state index contributed by atoms with van der Waals surface area (Å²) >= 11 is 9.42. The summed E-state index contributed by atoms with van der Waals surface area (Å²) in [7, 11) is 0. The molecule has 0 aromatic carbocycles. The van der Waals surface area contributed by atoms with Crippen molar-refractivity contribution in [1.82, 2.24) is 9.97 Å². The molecule has 1 fully saturated rings. The molecule has 0 bridgehead atoms. The maximum Gasteiger partial charge on any atom is 0.148 e. The van der Waals surface area contributed by atoms with Crippen LogP contribution in [0.25, 0.3) is 0 Å². The van der Waals surface area contributed by atoms with Crippen LogP contribution in [0.5, 0.6) is 0 Å². The van der Waals surface area contributed by atoms with Gasteiger partial charge in [0.25, 0.3) is 0 Å². The van der Waals surface area contributed by atoms with Crippen molar-refractivity contribution in [3.05, 3.63) is 16.0 Å². The van der Waals surface area contributed by atoms with Crippen LogP contribution in [0, 0.1) is 0 Å². The zero-order valence-electron chi connectivity index (χ0n) is 9.44. The Kier molecular flexibility index (Phi) is 4.59. The molecule has 0 amide bonds. The van der Waals surface area contributed by atoms with E-state index in [2.05, 4.69) is 30.8 Å². The molecule has 0 radical (unpaired) electrons. The molecule has 1 aromatic heterocycles. The Hall–Kier alpha value is -0.390. The highest BCUT2D eigenvalue weighted by molar-refractivity contribution is 9.10. The van der Waals surface area contributed by atoms with Gasteiger partial charge in [-0.25, -0.2) is 9.97 Å². The van der Waals surface area contributed by atoms with Crippen LogP contribution in [0.1, 0.15) is 25.7 Å². The van der Waals surface area contributed by atoms with Gasteiger partial charge in [0.15, 0.2) is 0 Å². The van der Waals surface area contributed by atoms with Gasteiger partial charge in [-0.05, 0) is 41.6 Å². The van der Waals surface area contributed by atoms with E-state index in [1.165, 1.54) is 12.7 Å². The number of aliphatic hydroxyl groups is 1. The minimum Gasteiger partial charge on any atom is -0.396 e. The molecule has 94 valence electrons. The summed E-state index contributed by atoms with van der Waals surface area (Å²) in [6.07, 6.45) is 5.70. The molecule has 1 atom stereocenters. The van der Waals surface area contributed by atoms with Crippen molar-refractivity contribution >= 4 is 33.3 Å². The van der Waals surface area contributed by atoms with E-state index in [4.69, 9.17) is 16.7 Å². The second kappa shape index (κ2) is 5.98. The van der Waals surface area contributed by atoms with E-state index in [0.29, 0.717) is 11.2 Å². The predicted octanol–water partition coefficient (Wildman–Crippen LogP) is 2.63. The predicted molar refractivity (Wildman–Crippen MR) is 71.4 cm³/mol. The number of hydrogen-bond acceptors (Lipinski definition) is 4. The smallest absolute Gasteiger partial charge is 0.148 e. The average Bonchev–Trinajstić information content (AvgIpc) is 2.34. The van der Waals surface area contributed by atoms with Gasteiger partial charge < -0.3 is 10.0 Å². The van der Waals surface area contributed by atoms with Crippen LogP contribution < -0.4 is 4.90 Å². The van der Waals surface area contributed by atoms with Crippen LogP contribution in [0.4, 0.5) is 5.82 Å². The Morgan fingerprint density at radius 2 is 2.29 bits per heavy atom. The summed E-state index contributed by atoms with van der Waals surface area (Å²) in [5.74, 6) is 0.836. The van der Waals surface area contributed by atoms with Crippen molar-refractivity contribution in [1.29, 1.82) is 0 Å². The third-order valence-electron chi connectivity index (χ3n) is 3.09. The molecule has 0 saturated carbocycles. The van der Waals surface area contributed by atoms with Gasteiger partial charge in [0.1, 0.15) is 17.3 Å². The molecule has 1 aromatic rings. The summed E-state index contributed by atoms with van der Waals surface area (Å²) in [6, 6.07) is 0.344. The van der Waals surface area contributed by atoms with Crippen molar-refractivity contribution in [3.63, 3.8) is 0 Å². The Morgan fingerprint density at radius 3 is 3.06 bits per heavy atom. The molecule has 2 rings (SSSR count). The molecular weight excluding hydrogens is 305 g/mol. The van der Waals surface area contributed by atoms with Crippen molar-refractivity contribution in [2.24, 2.45) is 0 Å². The quantitative estimate of drug-likeness (QED) is 0.870. The number of anilines is 1. The fourth-order valence-corrected chi connectivity index (χ4v) is 2.83. The van der Waals surface area contributed by atoms with E-state index in [1.807, 2.05) is 0 Å². The van der Waals surface area contributed by atoms with E-state index in [-0.39, 0.29) is 6.61 Å². The molecular formula is C11H15BrClN3O. The first kappa shape index (κ1) is 13.1. The molecule has 0 spiro atoms. The van der Waals surface area contributed by atoms with E-state index in [9.17, 15) is 0 Å². The number of aromatic nitrogens is 2. The molecule has 1 aliphatic rings. The lowest BCUT2D eigenvalue weighted by molar-refractivity contribution is 0.262. The number of nitrogens with zero attached hydrogens (tertiary/aromatic N) is 3. The molecule has 2 heterocycles. The number of piperidine rings is 1. The van der Waals surface area contributed by atoms with Gasteiger partial charge in [-0.2, -0.15) is 0 Å². The van der Waals surface area contributed by atoms with Crippen LogP contribution in [0.2, 0.25) is 5.15 Å². The van der Waals surface area contributed by atoms with Crippen molar-refractivity contribution in [2.75, 3.05) is 18.1 Å². The van der Waals surface area contributed by atoms with Crippen LogP contribution in [-0.2, 0) is 0 Å². The van der Waals surface area contributed by atoms with Gasteiger partial charge in [-0.1, -0.05) is 11.6 Å². The summed E-state index contributed by atoms with van der Waals surface area (Å²) < 4.78 is 0.742. The van der Waals surface area contributed by atoms with Crippen LogP contribution in [0.15, 0.2) is 10.8 Å². The van der Waals surface area contributed by atoms with Gasteiger partial charge >= 0.3 is 0 Å². The molecule has 1 aliphatic heterocycles. The highest BCUT2D eigenvalue weighted by atomic mass is 79.9. The van der Waals surface area contributed by atoms with Gasteiger partial charge in [0.05, 0.1) is 4.47 Å². The summed E-state index contributed by atoms with van der Waals surface area (Å²) in [6.45, 7) is 1.16. The average molecular weight is 321 g/mol. The highest BCUT2D eigenvalue weighted by Gasteiger charge is 2.25. The molecule has 1 saturated heterocycles. The third kappa shape index (κ3) is 2.89. The van der Waals surface area contributed by atoms with E-state index in [0.717, 1.165) is 36.1 Å². The molecule has 1 N–H and O–H groups in total. The molecule has 17 heavy (non-hydrogen) atoms. The standard InChI is InChI=1S/C11H15BrClN3O/c12-9-10(13)14-7-15-11(9)16-5-2-1-3-8(16)4-6-17/h7-8,17H,1-6H2. The van der Waals surface area contributed by atoms with Crippen molar-refractivity contribution < 1.29 is 5.11 Å². The lowest BCUT2D eigenvalue weighted by atomic mass is 10.00. The first-order valence-corrected chi connectivity index (χ1v) is 6.94. The van der Waals surface area contributed by atoms with Crippen LogP contribution in [0.3, 0.4) is 0 Å². The lowest BCUT2D eigenvalue weighted by Gasteiger charge is -2.36. The van der Waals surface area contributed by atoms with Gasteiger partial charge in [0, 0.05) is 19.2 Å². The zero-order valence-corrected chi connectivity index (χ0v) is 11.8. The molecule has 4 nitrogen and oxygen atoms in total.